The lowest BCUT2D eigenvalue weighted by Gasteiger charge is -2.32. The van der Waals surface area contributed by atoms with Crippen LogP contribution in [0.25, 0.3) is 5.57 Å². The summed E-state index contributed by atoms with van der Waals surface area (Å²) in [4.78, 5) is 20.7. The van der Waals surface area contributed by atoms with Crippen molar-refractivity contribution in [1.82, 2.24) is 14.8 Å². The molecule has 5 rings (SSSR count). The first-order chi connectivity index (χ1) is 18.5. The van der Waals surface area contributed by atoms with Crippen molar-refractivity contribution in [1.29, 1.82) is 0 Å². The van der Waals surface area contributed by atoms with Gasteiger partial charge in [0.05, 0.1) is 5.69 Å². The molecule has 2 aromatic carbocycles. The Morgan fingerprint density at radius 3 is 2.68 bits per heavy atom. The van der Waals surface area contributed by atoms with E-state index in [1.54, 1.807) is 14.1 Å². The zero-order valence-corrected chi connectivity index (χ0v) is 22.8. The van der Waals surface area contributed by atoms with Crippen molar-refractivity contribution in [3.63, 3.8) is 0 Å². The van der Waals surface area contributed by atoms with Crippen LogP contribution >= 0.6 is 11.6 Å². The lowest BCUT2D eigenvalue weighted by Crippen LogP contribution is -2.33. The summed E-state index contributed by atoms with van der Waals surface area (Å²) < 4.78 is 11.9. The highest BCUT2D eigenvalue weighted by Crippen LogP contribution is 2.38. The van der Waals surface area contributed by atoms with Gasteiger partial charge in [0.25, 0.3) is 5.91 Å². The first-order valence-corrected chi connectivity index (χ1v) is 13.6. The number of carbonyl (C=O) groups excluding carboxylic acids is 1. The van der Waals surface area contributed by atoms with Gasteiger partial charge in [-0.3, -0.25) is 9.78 Å². The summed E-state index contributed by atoms with van der Waals surface area (Å²) in [6.45, 7) is 3.59. The number of likely N-dealkylation sites (tertiary alicyclic amines) is 1. The van der Waals surface area contributed by atoms with E-state index in [0.29, 0.717) is 18.3 Å². The van der Waals surface area contributed by atoms with Crippen LogP contribution in [0.15, 0.2) is 66.9 Å². The van der Waals surface area contributed by atoms with Crippen molar-refractivity contribution in [2.24, 2.45) is 0 Å². The SMILES string of the molecule is CN(C)C(=O)COc1ccc2c(c1)/C(=C/CCN1CCC(c3ccc(Cl)cc3)CC1)c1cccnc1CO2. The van der Waals surface area contributed by atoms with E-state index in [1.807, 2.05) is 42.6 Å². The Labute approximate surface area is 229 Å². The van der Waals surface area contributed by atoms with Crippen LogP contribution in [0.1, 0.15) is 47.6 Å². The first kappa shape index (κ1) is 26.3. The number of carbonyl (C=O) groups is 1. The van der Waals surface area contributed by atoms with Gasteiger partial charge in [-0.05, 0) is 85.8 Å². The summed E-state index contributed by atoms with van der Waals surface area (Å²) in [7, 11) is 3.45. The smallest absolute Gasteiger partial charge is 0.259 e. The second-order valence-corrected chi connectivity index (χ2v) is 10.5. The fourth-order valence-corrected chi connectivity index (χ4v) is 5.26. The van der Waals surface area contributed by atoms with Crippen LogP contribution in [-0.2, 0) is 11.4 Å². The predicted molar refractivity (Wildman–Crippen MR) is 151 cm³/mol. The van der Waals surface area contributed by atoms with Gasteiger partial charge in [0.2, 0.25) is 0 Å². The molecule has 0 atom stereocenters. The maximum atomic E-state index is 12.0. The predicted octanol–water partition coefficient (Wildman–Crippen LogP) is 5.80. The fraction of sp³-hybridized carbons (Fsp3) is 0.355. The quantitative estimate of drug-likeness (QED) is 0.386. The molecule has 0 unspecified atom stereocenters. The van der Waals surface area contributed by atoms with Crippen LogP contribution < -0.4 is 9.47 Å². The molecule has 0 bridgehead atoms. The van der Waals surface area contributed by atoms with Crippen molar-refractivity contribution in [2.75, 3.05) is 40.3 Å². The normalized spacial score (nSPS) is 16.8. The number of piperidine rings is 1. The Balaban J connectivity index is 1.30. The van der Waals surface area contributed by atoms with E-state index in [1.165, 1.54) is 10.5 Å². The largest absolute Gasteiger partial charge is 0.487 e. The van der Waals surface area contributed by atoms with Crippen molar-refractivity contribution in [3.05, 3.63) is 94.3 Å². The van der Waals surface area contributed by atoms with E-state index in [4.69, 9.17) is 21.1 Å². The lowest BCUT2D eigenvalue weighted by atomic mass is 9.89. The van der Waals surface area contributed by atoms with E-state index < -0.39 is 0 Å². The highest BCUT2D eigenvalue weighted by Gasteiger charge is 2.22. The third kappa shape index (κ3) is 6.20. The van der Waals surface area contributed by atoms with E-state index in [-0.39, 0.29) is 12.5 Å². The van der Waals surface area contributed by atoms with Crippen molar-refractivity contribution >= 4 is 23.1 Å². The summed E-state index contributed by atoms with van der Waals surface area (Å²) in [5.41, 5.74) is 5.45. The zero-order chi connectivity index (χ0) is 26.5. The highest BCUT2D eigenvalue weighted by molar-refractivity contribution is 6.30. The number of nitrogens with zero attached hydrogens (tertiary/aromatic N) is 3. The molecule has 2 aliphatic heterocycles. The molecule has 38 heavy (non-hydrogen) atoms. The number of fused-ring (bicyclic) bond motifs is 2. The van der Waals surface area contributed by atoms with E-state index >= 15 is 0 Å². The minimum atomic E-state index is -0.0821. The number of pyridine rings is 1. The molecule has 1 fully saturated rings. The Kier molecular flexibility index (Phi) is 8.30. The van der Waals surface area contributed by atoms with Crippen LogP contribution in [0.2, 0.25) is 5.02 Å². The third-order valence-electron chi connectivity index (χ3n) is 7.37. The molecule has 1 amide bonds. The molecule has 3 heterocycles. The Morgan fingerprint density at radius 2 is 1.92 bits per heavy atom. The number of hydrogen-bond donors (Lipinski definition) is 0. The summed E-state index contributed by atoms with van der Waals surface area (Å²) >= 11 is 6.07. The molecular weight excluding hydrogens is 498 g/mol. The molecule has 6 nitrogen and oxygen atoms in total. The van der Waals surface area contributed by atoms with E-state index in [2.05, 4.69) is 34.2 Å². The Bertz CT molecular complexity index is 1300. The van der Waals surface area contributed by atoms with Crippen LogP contribution in [0.4, 0.5) is 0 Å². The van der Waals surface area contributed by atoms with Gasteiger partial charge in [-0.1, -0.05) is 35.9 Å². The van der Waals surface area contributed by atoms with Gasteiger partial charge in [0, 0.05) is 43.0 Å². The molecule has 2 aliphatic rings. The molecule has 3 aromatic rings. The molecule has 0 radical (unpaired) electrons. The summed E-state index contributed by atoms with van der Waals surface area (Å²) in [5, 5.41) is 0.794. The molecule has 7 heteroatoms. The highest BCUT2D eigenvalue weighted by atomic mass is 35.5. The molecule has 0 saturated carbocycles. The van der Waals surface area contributed by atoms with Gasteiger partial charge < -0.3 is 19.3 Å². The van der Waals surface area contributed by atoms with Crippen molar-refractivity contribution in [3.8, 4) is 11.5 Å². The number of hydrogen-bond acceptors (Lipinski definition) is 5. The third-order valence-corrected chi connectivity index (χ3v) is 7.62. The maximum Gasteiger partial charge on any atom is 0.259 e. The maximum absolute atomic E-state index is 12.0. The second kappa shape index (κ2) is 12.0. The Hall–Kier alpha value is -3.35. The summed E-state index contributed by atoms with van der Waals surface area (Å²) in [6.07, 6.45) is 7.34. The molecule has 1 aromatic heterocycles. The number of aromatic nitrogens is 1. The van der Waals surface area contributed by atoms with Gasteiger partial charge in [-0.15, -0.1) is 0 Å². The minimum absolute atomic E-state index is 0.00416. The lowest BCUT2D eigenvalue weighted by molar-refractivity contribution is -0.130. The molecule has 0 spiro atoms. The number of ether oxygens (including phenoxy) is 2. The number of rotatable bonds is 7. The van der Waals surface area contributed by atoms with E-state index in [9.17, 15) is 4.79 Å². The molecule has 0 aliphatic carbocycles. The molecule has 0 N–H and O–H groups in total. The van der Waals surface area contributed by atoms with Gasteiger partial charge in [0.15, 0.2) is 6.61 Å². The zero-order valence-electron chi connectivity index (χ0n) is 22.0. The standard InChI is InChI=1S/C31H34ClN3O3/c1-34(2)31(36)21-37-25-11-12-30-28(19-25)26(27-5-3-15-33-29(27)20-38-30)6-4-16-35-17-13-23(14-18-35)22-7-9-24(32)10-8-22/h3,5-12,15,19,23H,4,13-14,16-18,20-21H2,1-2H3/b26-6+. The average Bonchev–Trinajstić information content (AvgIpc) is 3.09. The van der Waals surface area contributed by atoms with Crippen LogP contribution in [0.3, 0.4) is 0 Å². The van der Waals surface area contributed by atoms with Gasteiger partial charge in [0.1, 0.15) is 18.1 Å². The number of halogens is 1. The van der Waals surface area contributed by atoms with Crippen LogP contribution in [0.5, 0.6) is 11.5 Å². The number of amides is 1. The molecule has 1 saturated heterocycles. The van der Waals surface area contributed by atoms with Crippen molar-refractivity contribution in [2.45, 2.75) is 31.8 Å². The van der Waals surface area contributed by atoms with Crippen molar-refractivity contribution < 1.29 is 14.3 Å². The summed E-state index contributed by atoms with van der Waals surface area (Å²) in [6, 6.07) is 18.1. The minimum Gasteiger partial charge on any atom is -0.487 e. The monoisotopic (exact) mass is 531 g/mol. The van der Waals surface area contributed by atoms with Gasteiger partial charge >= 0.3 is 0 Å². The van der Waals surface area contributed by atoms with E-state index in [0.717, 1.165) is 72.1 Å². The number of likely N-dealkylation sites (N-methyl/N-ethyl adjacent to an activating group) is 1. The molecule has 198 valence electrons. The van der Waals surface area contributed by atoms with Crippen LogP contribution in [-0.4, -0.2) is 61.0 Å². The topological polar surface area (TPSA) is 54.9 Å². The second-order valence-electron chi connectivity index (χ2n) is 10.1. The Morgan fingerprint density at radius 1 is 1.13 bits per heavy atom. The van der Waals surface area contributed by atoms with Gasteiger partial charge in [-0.2, -0.15) is 0 Å². The fourth-order valence-electron chi connectivity index (χ4n) is 5.14. The molecular formula is C31H34ClN3O3. The van der Waals surface area contributed by atoms with Gasteiger partial charge in [-0.25, -0.2) is 0 Å². The first-order valence-electron chi connectivity index (χ1n) is 13.2. The average molecular weight is 532 g/mol. The van der Waals surface area contributed by atoms with Crippen LogP contribution in [0, 0.1) is 0 Å². The summed E-state index contributed by atoms with van der Waals surface area (Å²) in [5.74, 6) is 1.96. The number of benzene rings is 2.